The Labute approximate surface area is 240 Å². The summed E-state index contributed by atoms with van der Waals surface area (Å²) in [5.41, 5.74) is 4.69. The number of benzene rings is 3. The van der Waals surface area contributed by atoms with E-state index in [1.54, 1.807) is 41.9 Å². The average molecular weight is 552 g/mol. The largest absolute Gasteiger partial charge is 0.390 e. The standard InChI is InChI=1S/C34H25N5O3/c1-33(42)19-34(20-33,38-31(40)25-9-5-6-10-26(25)32(38)41)24-13-11-22(12-14-24)29-27(21-7-3-2-4-8-21)17-23-18-35-28-15-16-36-39(28)30(23)37-29/h2-18,42H,19-20H2,1H3. The van der Waals surface area contributed by atoms with E-state index in [1.165, 1.54) is 4.90 Å². The van der Waals surface area contributed by atoms with Gasteiger partial charge in [0.1, 0.15) is 0 Å². The first-order chi connectivity index (χ1) is 20.3. The van der Waals surface area contributed by atoms with Gasteiger partial charge in [-0.25, -0.2) is 9.97 Å². The molecule has 0 saturated heterocycles. The summed E-state index contributed by atoms with van der Waals surface area (Å²) in [5.74, 6) is -0.649. The van der Waals surface area contributed by atoms with Crippen LogP contribution in [0.15, 0.2) is 103 Å². The van der Waals surface area contributed by atoms with Gasteiger partial charge in [0.05, 0.1) is 34.2 Å². The molecule has 8 heteroatoms. The van der Waals surface area contributed by atoms with Crippen molar-refractivity contribution in [2.45, 2.75) is 30.9 Å². The Morgan fingerprint density at radius 2 is 1.45 bits per heavy atom. The third-order valence-corrected chi connectivity index (χ3v) is 8.54. The highest BCUT2D eigenvalue weighted by Crippen LogP contribution is 2.54. The van der Waals surface area contributed by atoms with E-state index in [0.717, 1.165) is 33.3 Å². The van der Waals surface area contributed by atoms with Crippen LogP contribution in [0.4, 0.5) is 0 Å². The lowest BCUT2D eigenvalue weighted by Gasteiger charge is -2.55. The first-order valence-electron chi connectivity index (χ1n) is 13.8. The van der Waals surface area contributed by atoms with Crippen molar-refractivity contribution in [1.82, 2.24) is 24.5 Å². The maximum atomic E-state index is 13.5. The molecule has 3 aromatic heterocycles. The quantitative estimate of drug-likeness (QED) is 0.284. The Morgan fingerprint density at radius 1 is 0.786 bits per heavy atom. The number of aliphatic hydroxyl groups is 1. The molecule has 8 rings (SSSR count). The zero-order chi connectivity index (χ0) is 28.6. The van der Waals surface area contributed by atoms with E-state index in [2.05, 4.69) is 16.1 Å². The normalized spacial score (nSPS) is 21.6. The van der Waals surface area contributed by atoms with E-state index in [-0.39, 0.29) is 24.7 Å². The van der Waals surface area contributed by atoms with Crippen molar-refractivity contribution in [2.75, 3.05) is 0 Å². The van der Waals surface area contributed by atoms with Crippen LogP contribution in [0.3, 0.4) is 0 Å². The molecule has 0 unspecified atom stereocenters. The van der Waals surface area contributed by atoms with Gasteiger partial charge in [0.2, 0.25) is 0 Å². The van der Waals surface area contributed by atoms with E-state index in [9.17, 15) is 14.7 Å². The highest BCUT2D eigenvalue weighted by molar-refractivity contribution is 6.22. The number of hydrogen-bond acceptors (Lipinski definition) is 6. The molecule has 0 spiro atoms. The van der Waals surface area contributed by atoms with Gasteiger partial charge >= 0.3 is 0 Å². The average Bonchev–Trinajstić information content (AvgIpc) is 3.58. The number of carbonyl (C=O) groups is 2. The van der Waals surface area contributed by atoms with Crippen LogP contribution in [0.25, 0.3) is 39.1 Å². The fourth-order valence-corrected chi connectivity index (χ4v) is 6.75. The summed E-state index contributed by atoms with van der Waals surface area (Å²) in [4.78, 5) is 38.0. The van der Waals surface area contributed by atoms with Gasteiger partial charge in [-0.05, 0) is 36.2 Å². The number of nitrogens with zero attached hydrogens (tertiary/aromatic N) is 5. The van der Waals surface area contributed by atoms with Crippen molar-refractivity contribution in [3.63, 3.8) is 0 Å². The molecular formula is C34H25N5O3. The Hall–Kier alpha value is -5.21. The summed E-state index contributed by atoms with van der Waals surface area (Å²) in [5, 5.41) is 16.2. The minimum Gasteiger partial charge on any atom is -0.390 e. The van der Waals surface area contributed by atoms with Crippen LogP contribution in [0.1, 0.15) is 46.0 Å². The number of amides is 2. The number of pyridine rings is 1. The molecule has 1 aliphatic carbocycles. The van der Waals surface area contributed by atoms with Crippen LogP contribution < -0.4 is 0 Å². The molecule has 1 fully saturated rings. The molecule has 42 heavy (non-hydrogen) atoms. The predicted molar refractivity (Wildman–Crippen MR) is 158 cm³/mol. The van der Waals surface area contributed by atoms with Gasteiger partial charge in [0.15, 0.2) is 11.3 Å². The molecule has 1 N–H and O–H groups in total. The molecule has 1 aliphatic heterocycles. The van der Waals surface area contributed by atoms with Crippen LogP contribution in [-0.2, 0) is 5.54 Å². The zero-order valence-corrected chi connectivity index (χ0v) is 22.7. The monoisotopic (exact) mass is 551 g/mol. The van der Waals surface area contributed by atoms with Crippen LogP contribution >= 0.6 is 0 Å². The second kappa shape index (κ2) is 8.64. The fraction of sp³-hybridized carbons (Fsp3) is 0.147. The van der Waals surface area contributed by atoms with Gasteiger partial charge in [0, 0.05) is 41.6 Å². The summed E-state index contributed by atoms with van der Waals surface area (Å²) in [6, 6.07) is 28.7. The molecule has 1 saturated carbocycles. The third-order valence-electron chi connectivity index (χ3n) is 8.54. The number of rotatable bonds is 4. The molecule has 8 nitrogen and oxygen atoms in total. The van der Waals surface area contributed by atoms with Crippen molar-refractivity contribution >= 4 is 28.5 Å². The van der Waals surface area contributed by atoms with Gasteiger partial charge < -0.3 is 5.11 Å². The summed E-state index contributed by atoms with van der Waals surface area (Å²) >= 11 is 0. The SMILES string of the molecule is CC1(O)CC(c2ccc(-c3nc4c(cnc5ccnn54)cc3-c3ccccc3)cc2)(N2C(=O)c3ccccc3C2=O)C1. The smallest absolute Gasteiger partial charge is 0.262 e. The predicted octanol–water partition coefficient (Wildman–Crippen LogP) is 5.65. The van der Waals surface area contributed by atoms with E-state index < -0.39 is 11.1 Å². The first-order valence-corrected chi connectivity index (χ1v) is 13.8. The second-order valence-corrected chi connectivity index (χ2v) is 11.5. The third kappa shape index (κ3) is 3.48. The summed E-state index contributed by atoms with van der Waals surface area (Å²) < 4.78 is 1.73. The molecule has 0 bridgehead atoms. The van der Waals surface area contributed by atoms with Crippen molar-refractivity contribution in [3.8, 4) is 22.4 Å². The molecule has 2 aliphatic rings. The van der Waals surface area contributed by atoms with Crippen molar-refractivity contribution in [1.29, 1.82) is 0 Å². The van der Waals surface area contributed by atoms with Gasteiger partial charge in [-0.3, -0.25) is 14.5 Å². The lowest BCUT2D eigenvalue weighted by molar-refractivity contribution is -0.118. The topological polar surface area (TPSA) is 101 Å². The van der Waals surface area contributed by atoms with Crippen LogP contribution in [0.2, 0.25) is 0 Å². The number of imide groups is 1. The van der Waals surface area contributed by atoms with Gasteiger partial charge in [-0.1, -0.05) is 66.7 Å². The Morgan fingerprint density at radius 3 is 2.12 bits per heavy atom. The van der Waals surface area contributed by atoms with Gasteiger partial charge in [-0.2, -0.15) is 9.61 Å². The lowest BCUT2D eigenvalue weighted by atomic mass is 9.61. The second-order valence-electron chi connectivity index (χ2n) is 11.5. The molecule has 0 radical (unpaired) electrons. The number of carbonyl (C=O) groups excluding carboxylic acids is 2. The summed E-state index contributed by atoms with van der Waals surface area (Å²) in [7, 11) is 0. The zero-order valence-electron chi connectivity index (χ0n) is 22.7. The minimum atomic E-state index is -0.989. The van der Waals surface area contributed by atoms with Crippen molar-refractivity contribution in [3.05, 3.63) is 120 Å². The molecule has 0 atom stereocenters. The van der Waals surface area contributed by atoms with Crippen molar-refractivity contribution < 1.29 is 14.7 Å². The molecular weight excluding hydrogens is 526 g/mol. The molecule has 3 aromatic carbocycles. The van der Waals surface area contributed by atoms with Crippen LogP contribution in [0.5, 0.6) is 0 Å². The maximum absolute atomic E-state index is 13.5. The molecule has 204 valence electrons. The van der Waals surface area contributed by atoms with Gasteiger partial charge in [-0.15, -0.1) is 0 Å². The van der Waals surface area contributed by atoms with E-state index in [1.807, 2.05) is 66.9 Å². The van der Waals surface area contributed by atoms with Crippen LogP contribution in [0, 0.1) is 0 Å². The molecule has 6 aromatic rings. The molecule has 2 amide bonds. The van der Waals surface area contributed by atoms with E-state index in [4.69, 9.17) is 4.98 Å². The number of hydrogen-bond donors (Lipinski definition) is 1. The number of fused-ring (bicyclic) bond motifs is 4. The van der Waals surface area contributed by atoms with Gasteiger partial charge in [0.25, 0.3) is 11.8 Å². The number of aromatic nitrogens is 4. The Bertz CT molecular complexity index is 2020. The molecule has 4 heterocycles. The fourth-order valence-electron chi connectivity index (χ4n) is 6.75. The van der Waals surface area contributed by atoms with Crippen molar-refractivity contribution in [2.24, 2.45) is 0 Å². The highest BCUT2D eigenvalue weighted by atomic mass is 16.3. The van der Waals surface area contributed by atoms with E-state index in [0.29, 0.717) is 22.4 Å². The van der Waals surface area contributed by atoms with E-state index >= 15 is 0 Å². The highest BCUT2D eigenvalue weighted by Gasteiger charge is 2.60. The minimum absolute atomic E-state index is 0.262. The summed E-state index contributed by atoms with van der Waals surface area (Å²) in [6.45, 7) is 1.74. The summed E-state index contributed by atoms with van der Waals surface area (Å²) in [6.07, 6.45) is 4.04. The maximum Gasteiger partial charge on any atom is 0.262 e. The first kappa shape index (κ1) is 24.6. The van der Waals surface area contributed by atoms with Crippen LogP contribution in [-0.4, -0.2) is 47.0 Å². The Balaban J connectivity index is 1.27. The Kier molecular flexibility index (Phi) is 5.06. The lowest BCUT2D eigenvalue weighted by Crippen LogP contribution is -2.63.